The highest BCUT2D eigenvalue weighted by atomic mass is 16.6. The fourth-order valence-corrected chi connectivity index (χ4v) is 3.65. The maximum absolute atomic E-state index is 13.3. The first-order chi connectivity index (χ1) is 15.0. The van der Waals surface area contributed by atoms with E-state index in [0.717, 1.165) is 0 Å². The largest absolute Gasteiger partial charge is 0.340 e. The van der Waals surface area contributed by atoms with Gasteiger partial charge in [0.1, 0.15) is 6.04 Å². The molecule has 10 heteroatoms. The van der Waals surface area contributed by atoms with E-state index >= 15 is 0 Å². The lowest BCUT2D eigenvalue weighted by atomic mass is 9.96. The van der Waals surface area contributed by atoms with Crippen LogP contribution >= 0.6 is 0 Å². The molecule has 1 saturated heterocycles. The van der Waals surface area contributed by atoms with Gasteiger partial charge in [-0.3, -0.25) is 19.7 Å². The van der Waals surface area contributed by atoms with E-state index in [0.29, 0.717) is 26.1 Å². The van der Waals surface area contributed by atoms with Crippen LogP contribution in [0.3, 0.4) is 0 Å². The van der Waals surface area contributed by atoms with Crippen molar-refractivity contribution < 1.29 is 19.3 Å². The molecule has 0 saturated carbocycles. The van der Waals surface area contributed by atoms with Crippen LogP contribution in [0.4, 0.5) is 10.5 Å². The van der Waals surface area contributed by atoms with E-state index in [1.807, 2.05) is 34.6 Å². The highest BCUT2D eigenvalue weighted by Gasteiger charge is 2.35. The third kappa shape index (κ3) is 6.18. The number of non-ortho nitro benzene ring substituents is 1. The molecule has 1 heterocycles. The van der Waals surface area contributed by atoms with Crippen molar-refractivity contribution in [2.45, 2.75) is 59.2 Å². The maximum Gasteiger partial charge on any atom is 0.317 e. The van der Waals surface area contributed by atoms with Crippen molar-refractivity contribution in [1.29, 1.82) is 0 Å². The van der Waals surface area contributed by atoms with E-state index in [-0.39, 0.29) is 41.2 Å². The Balaban J connectivity index is 2.12. The molecule has 1 aromatic carbocycles. The number of benzene rings is 1. The Bertz CT molecular complexity index is 859. The first-order valence-electron chi connectivity index (χ1n) is 11.0. The molecule has 3 unspecified atom stereocenters. The van der Waals surface area contributed by atoms with E-state index in [1.54, 1.807) is 9.80 Å². The highest BCUT2D eigenvalue weighted by molar-refractivity contribution is 5.98. The third-order valence-corrected chi connectivity index (χ3v) is 5.70. The Morgan fingerprint density at radius 3 is 2.44 bits per heavy atom. The standard InChI is InChI=1S/C22H33N5O5/c1-6-15(4)19(24-20(28)17-8-7-9-18(12-17)27(31)32)21(29)25-10-11-26(16(5)13-25)22(30)23-14(2)3/h7-9,12,14-16,19H,6,10-11,13H2,1-5H3,(H,23,30)(H,24,28). The van der Waals surface area contributed by atoms with Gasteiger partial charge in [-0.1, -0.05) is 26.3 Å². The molecule has 176 valence electrons. The molecule has 1 aliphatic rings. The van der Waals surface area contributed by atoms with Crippen LogP contribution in [0.5, 0.6) is 0 Å². The first kappa shape index (κ1) is 25.1. The predicted octanol–water partition coefficient (Wildman–Crippen LogP) is 2.39. The number of nitro benzene ring substituents is 1. The zero-order chi connectivity index (χ0) is 24.0. The van der Waals surface area contributed by atoms with Crippen LogP contribution in [0.15, 0.2) is 24.3 Å². The minimum atomic E-state index is -0.769. The topological polar surface area (TPSA) is 125 Å². The Labute approximate surface area is 188 Å². The van der Waals surface area contributed by atoms with E-state index in [2.05, 4.69) is 10.6 Å². The Kier molecular flexibility index (Phi) is 8.56. The molecule has 3 atom stereocenters. The fourth-order valence-electron chi connectivity index (χ4n) is 3.65. The molecule has 1 fully saturated rings. The quantitative estimate of drug-likeness (QED) is 0.490. The van der Waals surface area contributed by atoms with Crippen LogP contribution < -0.4 is 10.6 Å². The first-order valence-corrected chi connectivity index (χ1v) is 11.0. The lowest BCUT2D eigenvalue weighted by molar-refractivity contribution is -0.384. The second-order valence-electron chi connectivity index (χ2n) is 8.57. The van der Waals surface area contributed by atoms with Crippen LogP contribution in [0.2, 0.25) is 0 Å². The van der Waals surface area contributed by atoms with Gasteiger partial charge < -0.3 is 20.4 Å². The number of amides is 4. The second-order valence-corrected chi connectivity index (χ2v) is 8.57. The number of nitrogens with one attached hydrogen (secondary N) is 2. The summed E-state index contributed by atoms with van der Waals surface area (Å²) in [5, 5.41) is 16.7. The summed E-state index contributed by atoms with van der Waals surface area (Å²) in [6.07, 6.45) is 0.665. The highest BCUT2D eigenvalue weighted by Crippen LogP contribution is 2.18. The zero-order valence-corrected chi connectivity index (χ0v) is 19.3. The molecule has 0 bridgehead atoms. The molecule has 0 aliphatic carbocycles. The molecule has 32 heavy (non-hydrogen) atoms. The van der Waals surface area contributed by atoms with Gasteiger partial charge in [0.2, 0.25) is 5.91 Å². The Morgan fingerprint density at radius 1 is 1.19 bits per heavy atom. The fraction of sp³-hybridized carbons (Fsp3) is 0.591. The predicted molar refractivity (Wildman–Crippen MR) is 120 cm³/mol. The molecule has 0 aromatic heterocycles. The third-order valence-electron chi connectivity index (χ3n) is 5.70. The van der Waals surface area contributed by atoms with Gasteiger partial charge in [0.05, 0.1) is 4.92 Å². The van der Waals surface area contributed by atoms with Crippen molar-refractivity contribution in [3.8, 4) is 0 Å². The van der Waals surface area contributed by atoms with E-state index in [1.165, 1.54) is 24.3 Å². The van der Waals surface area contributed by atoms with Gasteiger partial charge in [0.25, 0.3) is 11.6 Å². The number of nitro groups is 1. The van der Waals surface area contributed by atoms with Crippen molar-refractivity contribution >= 4 is 23.5 Å². The van der Waals surface area contributed by atoms with Gasteiger partial charge in [0.15, 0.2) is 0 Å². The molecule has 0 spiro atoms. The summed E-state index contributed by atoms with van der Waals surface area (Å²) in [4.78, 5) is 52.3. The zero-order valence-electron chi connectivity index (χ0n) is 19.3. The van der Waals surface area contributed by atoms with Crippen LogP contribution in [0.25, 0.3) is 0 Å². The van der Waals surface area contributed by atoms with Gasteiger partial charge in [-0.2, -0.15) is 0 Å². The van der Waals surface area contributed by atoms with Crippen LogP contribution in [0.1, 0.15) is 51.4 Å². The normalized spacial score (nSPS) is 18.1. The number of carbonyl (C=O) groups is 3. The van der Waals surface area contributed by atoms with Crippen molar-refractivity contribution in [3.63, 3.8) is 0 Å². The summed E-state index contributed by atoms with van der Waals surface area (Å²) < 4.78 is 0. The van der Waals surface area contributed by atoms with Gasteiger partial charge in [-0.15, -0.1) is 0 Å². The summed E-state index contributed by atoms with van der Waals surface area (Å²) in [6.45, 7) is 10.6. The lowest BCUT2D eigenvalue weighted by Crippen LogP contribution is -2.61. The van der Waals surface area contributed by atoms with E-state index in [9.17, 15) is 24.5 Å². The van der Waals surface area contributed by atoms with Gasteiger partial charge in [-0.05, 0) is 32.8 Å². The van der Waals surface area contributed by atoms with Crippen LogP contribution in [0, 0.1) is 16.0 Å². The number of hydrogen-bond acceptors (Lipinski definition) is 5. The number of hydrogen-bond donors (Lipinski definition) is 2. The van der Waals surface area contributed by atoms with Crippen molar-refractivity contribution in [1.82, 2.24) is 20.4 Å². The number of rotatable bonds is 7. The number of urea groups is 1. The minimum Gasteiger partial charge on any atom is -0.340 e. The monoisotopic (exact) mass is 447 g/mol. The molecule has 1 aliphatic heterocycles. The van der Waals surface area contributed by atoms with Gasteiger partial charge in [0, 0.05) is 49.4 Å². The number of nitrogens with zero attached hydrogens (tertiary/aromatic N) is 3. The average molecular weight is 448 g/mol. The average Bonchev–Trinajstić information content (AvgIpc) is 2.75. The van der Waals surface area contributed by atoms with Crippen molar-refractivity contribution in [3.05, 3.63) is 39.9 Å². The molecule has 10 nitrogen and oxygen atoms in total. The van der Waals surface area contributed by atoms with Crippen LogP contribution in [-0.4, -0.2) is 70.3 Å². The second kappa shape index (κ2) is 10.9. The molecule has 4 amide bonds. The lowest BCUT2D eigenvalue weighted by Gasteiger charge is -2.41. The number of carbonyl (C=O) groups excluding carboxylic acids is 3. The number of piperazine rings is 1. The molecule has 0 radical (unpaired) electrons. The van der Waals surface area contributed by atoms with Gasteiger partial charge in [-0.25, -0.2) is 4.79 Å². The molecular formula is C22H33N5O5. The van der Waals surface area contributed by atoms with Crippen molar-refractivity contribution in [2.75, 3.05) is 19.6 Å². The maximum atomic E-state index is 13.3. The van der Waals surface area contributed by atoms with E-state index in [4.69, 9.17) is 0 Å². The summed E-state index contributed by atoms with van der Waals surface area (Å²) >= 11 is 0. The smallest absolute Gasteiger partial charge is 0.317 e. The van der Waals surface area contributed by atoms with Crippen LogP contribution in [-0.2, 0) is 4.79 Å². The summed E-state index contributed by atoms with van der Waals surface area (Å²) in [6, 6.07) is 4.36. The van der Waals surface area contributed by atoms with Gasteiger partial charge >= 0.3 is 6.03 Å². The van der Waals surface area contributed by atoms with Crippen molar-refractivity contribution in [2.24, 2.45) is 5.92 Å². The molecule has 2 rings (SSSR count). The Morgan fingerprint density at radius 2 is 1.88 bits per heavy atom. The summed E-state index contributed by atoms with van der Waals surface area (Å²) in [5.74, 6) is -0.882. The Hall–Kier alpha value is -3.17. The summed E-state index contributed by atoms with van der Waals surface area (Å²) in [5.41, 5.74) is -0.0578. The minimum absolute atomic E-state index is 0.0215. The molecular weight excluding hydrogens is 414 g/mol. The SMILES string of the molecule is CCC(C)C(NC(=O)c1cccc([N+](=O)[O-])c1)C(=O)N1CCN(C(=O)NC(C)C)C(C)C1. The van der Waals surface area contributed by atoms with E-state index < -0.39 is 16.9 Å². The molecule has 2 N–H and O–H groups in total. The summed E-state index contributed by atoms with van der Waals surface area (Å²) in [7, 11) is 0. The molecule has 1 aromatic rings.